The molecule has 0 amide bonds. The van der Waals surface area contributed by atoms with Crippen LogP contribution in [0.2, 0.25) is 18.1 Å². The Balaban J connectivity index is 2.57. The van der Waals surface area contributed by atoms with Crippen LogP contribution in [0.3, 0.4) is 0 Å². The molecule has 0 heterocycles. The monoisotopic (exact) mass is 286 g/mol. The quantitative estimate of drug-likeness (QED) is 0.640. The van der Waals surface area contributed by atoms with Crippen molar-refractivity contribution in [3.63, 3.8) is 0 Å². The van der Waals surface area contributed by atoms with Crippen molar-refractivity contribution >= 4 is 14.1 Å². The molecule has 0 spiro atoms. The highest BCUT2D eigenvalue weighted by molar-refractivity contribution is 6.87. The number of hydrogen-bond donors (Lipinski definition) is 1. The average molecular weight is 286 g/mol. The van der Waals surface area contributed by atoms with Crippen LogP contribution >= 0.6 is 0 Å². The first-order valence-electron chi connectivity index (χ1n) is 7.14. The van der Waals surface area contributed by atoms with Crippen LogP contribution in [-0.2, 0) is 0 Å². The van der Waals surface area contributed by atoms with E-state index in [0.717, 1.165) is 5.56 Å². The van der Waals surface area contributed by atoms with Crippen molar-refractivity contribution < 1.29 is 5.11 Å². The van der Waals surface area contributed by atoms with E-state index in [0.29, 0.717) is 6.42 Å². The Bertz CT molecular complexity index is 498. The summed E-state index contributed by atoms with van der Waals surface area (Å²) in [5.74, 6) is 3.18. The highest BCUT2D eigenvalue weighted by Crippen LogP contribution is 2.35. The predicted molar refractivity (Wildman–Crippen MR) is 91.1 cm³/mol. The number of aliphatic hydroxyl groups is 1. The fourth-order valence-electron chi connectivity index (χ4n) is 1.42. The lowest BCUT2D eigenvalue weighted by Crippen LogP contribution is -2.35. The Kier molecular flexibility index (Phi) is 5.80. The molecule has 20 heavy (non-hydrogen) atoms. The first-order chi connectivity index (χ1) is 9.22. The van der Waals surface area contributed by atoms with Gasteiger partial charge in [-0.15, -0.1) is 11.5 Å². The summed E-state index contributed by atoms with van der Waals surface area (Å²) < 4.78 is 0. The molecule has 1 aromatic carbocycles. The maximum Gasteiger partial charge on any atom is 0.137 e. The van der Waals surface area contributed by atoms with Gasteiger partial charge in [0.1, 0.15) is 8.07 Å². The van der Waals surface area contributed by atoms with Crippen LogP contribution in [0.15, 0.2) is 36.4 Å². The normalized spacial score (nSPS) is 13.9. The second-order valence-electron chi connectivity index (χ2n) is 6.72. The van der Waals surface area contributed by atoms with E-state index in [1.807, 2.05) is 42.5 Å². The molecule has 0 bridgehead atoms. The molecule has 1 nitrogen and oxygen atoms in total. The molecule has 1 rings (SSSR count). The average Bonchev–Trinajstić information content (AvgIpc) is 2.36. The lowest BCUT2D eigenvalue weighted by atomic mass is 10.1. The predicted octanol–water partition coefficient (Wildman–Crippen LogP) is 4.50. The Hall–Kier alpha value is -1.30. The van der Waals surface area contributed by atoms with Gasteiger partial charge in [0.2, 0.25) is 0 Å². The standard InChI is InChI=1S/C18H26OSi/c1-18(2,3)20(4,5)15-9-12-17(19)14-13-16-10-7-6-8-11-16/h6-8,10-11,13-14,17,19H,12H2,1-5H3/b14-13+. The summed E-state index contributed by atoms with van der Waals surface area (Å²) in [6.07, 6.45) is 3.77. The first kappa shape index (κ1) is 16.8. The molecule has 1 unspecified atom stereocenters. The fraction of sp³-hybridized carbons (Fsp3) is 0.444. The molecule has 1 aromatic rings. The minimum atomic E-state index is -1.55. The van der Waals surface area contributed by atoms with Gasteiger partial charge in [-0.25, -0.2) is 0 Å². The summed E-state index contributed by atoms with van der Waals surface area (Å²) in [6.45, 7) is 11.3. The summed E-state index contributed by atoms with van der Waals surface area (Å²) in [5.41, 5.74) is 4.52. The van der Waals surface area contributed by atoms with Gasteiger partial charge in [0.15, 0.2) is 0 Å². The zero-order chi connectivity index (χ0) is 15.2. The summed E-state index contributed by atoms with van der Waals surface area (Å²) in [6, 6.07) is 10.0. The zero-order valence-electron chi connectivity index (χ0n) is 13.3. The lowest BCUT2D eigenvalue weighted by molar-refractivity contribution is 0.230. The molecule has 1 N–H and O–H groups in total. The minimum absolute atomic E-state index is 0.269. The molecule has 2 heteroatoms. The third-order valence-corrected chi connectivity index (χ3v) is 8.45. The van der Waals surface area contributed by atoms with E-state index in [1.165, 1.54) is 0 Å². The van der Waals surface area contributed by atoms with Crippen LogP contribution in [0.5, 0.6) is 0 Å². The molecule has 1 atom stereocenters. The maximum absolute atomic E-state index is 9.94. The lowest BCUT2D eigenvalue weighted by Gasteiger charge is -2.31. The van der Waals surface area contributed by atoms with Crippen molar-refractivity contribution in [1.29, 1.82) is 0 Å². The van der Waals surface area contributed by atoms with Gasteiger partial charge in [0.05, 0.1) is 6.10 Å². The molecule has 0 radical (unpaired) electrons. The van der Waals surface area contributed by atoms with Gasteiger partial charge >= 0.3 is 0 Å². The van der Waals surface area contributed by atoms with Crippen molar-refractivity contribution in [3.8, 4) is 11.5 Å². The molecule has 108 valence electrons. The van der Waals surface area contributed by atoms with Crippen LogP contribution in [-0.4, -0.2) is 19.3 Å². The van der Waals surface area contributed by atoms with Crippen LogP contribution < -0.4 is 0 Å². The first-order valence-corrected chi connectivity index (χ1v) is 10.1. The van der Waals surface area contributed by atoms with Gasteiger partial charge in [-0.1, -0.05) is 76.3 Å². The molecule has 0 aliphatic heterocycles. The van der Waals surface area contributed by atoms with Gasteiger partial charge in [-0.2, -0.15) is 0 Å². The molecular formula is C18H26OSi. The molecule has 0 saturated heterocycles. The number of hydrogen-bond acceptors (Lipinski definition) is 1. The number of benzene rings is 1. The highest BCUT2D eigenvalue weighted by Gasteiger charge is 2.33. The maximum atomic E-state index is 9.94. The van der Waals surface area contributed by atoms with Crippen LogP contribution in [0.4, 0.5) is 0 Å². The number of aliphatic hydroxyl groups excluding tert-OH is 1. The molecular weight excluding hydrogens is 260 g/mol. The Morgan fingerprint density at radius 3 is 2.35 bits per heavy atom. The van der Waals surface area contributed by atoms with Crippen molar-refractivity contribution in [2.75, 3.05) is 0 Å². The van der Waals surface area contributed by atoms with E-state index < -0.39 is 14.2 Å². The largest absolute Gasteiger partial charge is 0.388 e. The van der Waals surface area contributed by atoms with Gasteiger partial charge in [0, 0.05) is 6.42 Å². The van der Waals surface area contributed by atoms with Gasteiger partial charge in [-0.3, -0.25) is 0 Å². The second kappa shape index (κ2) is 6.92. The van der Waals surface area contributed by atoms with E-state index in [-0.39, 0.29) is 5.04 Å². The van der Waals surface area contributed by atoms with Crippen molar-refractivity contribution in [2.45, 2.75) is 51.4 Å². The van der Waals surface area contributed by atoms with Crippen molar-refractivity contribution in [2.24, 2.45) is 0 Å². The number of rotatable bonds is 3. The minimum Gasteiger partial charge on any atom is -0.388 e. The SMILES string of the molecule is CC(C)(C)[Si](C)(C)C#CCC(O)/C=C/c1ccccc1. The van der Waals surface area contributed by atoms with E-state index in [4.69, 9.17) is 0 Å². The van der Waals surface area contributed by atoms with Crippen molar-refractivity contribution in [3.05, 3.63) is 42.0 Å². The van der Waals surface area contributed by atoms with Crippen molar-refractivity contribution in [1.82, 2.24) is 0 Å². The third-order valence-electron chi connectivity index (χ3n) is 3.90. The van der Waals surface area contributed by atoms with Crippen LogP contribution in [0.25, 0.3) is 6.08 Å². The summed E-state index contributed by atoms with van der Waals surface area (Å²) in [7, 11) is -1.55. The summed E-state index contributed by atoms with van der Waals surface area (Å²) >= 11 is 0. The zero-order valence-corrected chi connectivity index (χ0v) is 14.3. The molecule has 0 fully saturated rings. The second-order valence-corrected chi connectivity index (χ2v) is 11.7. The Morgan fingerprint density at radius 2 is 1.80 bits per heavy atom. The van der Waals surface area contributed by atoms with Gasteiger partial charge in [0.25, 0.3) is 0 Å². The Morgan fingerprint density at radius 1 is 1.20 bits per heavy atom. The van der Waals surface area contributed by atoms with Gasteiger partial charge < -0.3 is 5.11 Å². The summed E-state index contributed by atoms with van der Waals surface area (Å²) in [5, 5.41) is 10.2. The molecule has 0 aromatic heterocycles. The Labute approximate surface area is 124 Å². The summed E-state index contributed by atoms with van der Waals surface area (Å²) in [4.78, 5) is 0. The van der Waals surface area contributed by atoms with E-state index in [9.17, 15) is 5.11 Å². The molecule has 0 saturated carbocycles. The van der Waals surface area contributed by atoms with Crippen LogP contribution in [0, 0.1) is 11.5 Å². The molecule has 0 aliphatic carbocycles. The van der Waals surface area contributed by atoms with Gasteiger partial charge in [-0.05, 0) is 10.6 Å². The topological polar surface area (TPSA) is 20.2 Å². The van der Waals surface area contributed by atoms with Crippen LogP contribution in [0.1, 0.15) is 32.8 Å². The highest BCUT2D eigenvalue weighted by atomic mass is 28.3. The smallest absolute Gasteiger partial charge is 0.137 e. The van der Waals surface area contributed by atoms with E-state index >= 15 is 0 Å². The fourth-order valence-corrected chi connectivity index (χ4v) is 2.34. The van der Waals surface area contributed by atoms with E-state index in [1.54, 1.807) is 0 Å². The van der Waals surface area contributed by atoms with E-state index in [2.05, 4.69) is 45.3 Å². The molecule has 0 aliphatic rings. The third kappa shape index (κ3) is 5.36.